The summed E-state index contributed by atoms with van der Waals surface area (Å²) in [6.45, 7) is 3.61. The van der Waals surface area contributed by atoms with Gasteiger partial charge in [0, 0.05) is 39.6 Å². The zero-order valence-corrected chi connectivity index (χ0v) is 18.0. The molecule has 0 bridgehead atoms. The molecule has 1 aromatic carbocycles. The number of carbonyl (C=O) groups excluding carboxylic acids is 2. The average molecular weight is 428 g/mol. The van der Waals surface area contributed by atoms with Crippen LogP contribution in [0.25, 0.3) is 11.2 Å². The Morgan fingerprint density at radius 3 is 2.86 bits per heavy atom. The predicted octanol–water partition coefficient (Wildman–Crippen LogP) is 4.47. The van der Waals surface area contributed by atoms with E-state index in [-0.39, 0.29) is 12.5 Å². The lowest BCUT2D eigenvalue weighted by molar-refractivity contribution is -0.142. The third-order valence-corrected chi connectivity index (χ3v) is 5.66. The molecule has 0 unspecified atom stereocenters. The van der Waals surface area contributed by atoms with Gasteiger partial charge in [-0.15, -0.1) is 23.1 Å². The van der Waals surface area contributed by atoms with E-state index < -0.39 is 5.97 Å². The second kappa shape index (κ2) is 9.58. The molecule has 0 aliphatic carbocycles. The molecule has 0 saturated heterocycles. The molecule has 0 aliphatic heterocycles. The Morgan fingerprint density at radius 1 is 1.31 bits per heavy atom. The fourth-order valence-electron chi connectivity index (χ4n) is 2.82. The standard InChI is InChI=1S/C21H21N3O3S2/c1-14-11-16(15(2)24(14)21-22-9-10-29-21)7-8-20(26)27-13-19(25)23-17-5-4-6-18(12-17)28-3/h4-12H,13H2,1-3H3,(H,23,25)/b8-7+. The van der Waals surface area contributed by atoms with E-state index >= 15 is 0 Å². The Morgan fingerprint density at radius 2 is 2.14 bits per heavy atom. The van der Waals surface area contributed by atoms with Gasteiger partial charge < -0.3 is 10.1 Å². The summed E-state index contributed by atoms with van der Waals surface area (Å²) in [5.74, 6) is -0.955. The topological polar surface area (TPSA) is 73.2 Å². The summed E-state index contributed by atoms with van der Waals surface area (Å²) in [7, 11) is 0. The van der Waals surface area contributed by atoms with Crippen molar-refractivity contribution in [2.75, 3.05) is 18.2 Å². The van der Waals surface area contributed by atoms with Crippen LogP contribution in [0.5, 0.6) is 0 Å². The number of ether oxygens (including phenoxy) is 1. The summed E-state index contributed by atoms with van der Waals surface area (Å²) < 4.78 is 7.08. The third kappa shape index (κ3) is 5.36. The van der Waals surface area contributed by atoms with Crippen molar-refractivity contribution < 1.29 is 14.3 Å². The molecule has 150 valence electrons. The lowest BCUT2D eigenvalue weighted by Gasteiger charge is -2.06. The van der Waals surface area contributed by atoms with Crippen molar-refractivity contribution in [1.29, 1.82) is 0 Å². The molecule has 1 amide bonds. The first-order valence-corrected chi connectivity index (χ1v) is 11.0. The number of nitrogens with zero attached hydrogens (tertiary/aromatic N) is 2. The second-order valence-corrected chi connectivity index (χ2v) is 7.95. The number of thiazole rings is 1. The maximum absolute atomic E-state index is 12.0. The van der Waals surface area contributed by atoms with Gasteiger partial charge >= 0.3 is 5.97 Å². The number of rotatable bonds is 7. The Kier molecular flexibility index (Phi) is 6.90. The van der Waals surface area contributed by atoms with Gasteiger partial charge in [0.15, 0.2) is 11.7 Å². The monoisotopic (exact) mass is 427 g/mol. The fraction of sp³-hybridized carbons (Fsp3) is 0.190. The van der Waals surface area contributed by atoms with E-state index in [9.17, 15) is 9.59 Å². The lowest BCUT2D eigenvalue weighted by atomic mass is 10.2. The number of aryl methyl sites for hydroxylation is 1. The van der Waals surface area contributed by atoms with E-state index in [1.807, 2.05) is 54.3 Å². The minimum absolute atomic E-state index is 0.342. The van der Waals surface area contributed by atoms with Crippen LogP contribution in [0.15, 0.2) is 52.9 Å². The van der Waals surface area contributed by atoms with Crippen molar-refractivity contribution in [2.45, 2.75) is 18.7 Å². The molecular weight excluding hydrogens is 406 g/mol. The zero-order chi connectivity index (χ0) is 20.8. The molecule has 2 heterocycles. The van der Waals surface area contributed by atoms with Crippen LogP contribution in [0.4, 0.5) is 5.69 Å². The number of aromatic nitrogens is 2. The second-order valence-electron chi connectivity index (χ2n) is 6.20. The van der Waals surface area contributed by atoms with Gasteiger partial charge in [-0.2, -0.15) is 0 Å². The van der Waals surface area contributed by atoms with Gasteiger partial charge in [-0.3, -0.25) is 9.36 Å². The average Bonchev–Trinajstić information content (AvgIpc) is 3.32. The molecule has 0 fully saturated rings. The smallest absolute Gasteiger partial charge is 0.331 e. The summed E-state index contributed by atoms with van der Waals surface area (Å²) in [5.41, 5.74) is 3.57. The van der Waals surface area contributed by atoms with Crippen LogP contribution in [0, 0.1) is 13.8 Å². The van der Waals surface area contributed by atoms with Crippen LogP contribution >= 0.6 is 23.1 Å². The van der Waals surface area contributed by atoms with Crippen molar-refractivity contribution in [3.63, 3.8) is 0 Å². The number of esters is 1. The quantitative estimate of drug-likeness (QED) is 0.342. The van der Waals surface area contributed by atoms with Crippen molar-refractivity contribution >= 4 is 46.7 Å². The van der Waals surface area contributed by atoms with Crippen LogP contribution < -0.4 is 5.32 Å². The molecule has 0 saturated carbocycles. The maximum Gasteiger partial charge on any atom is 0.331 e. The molecule has 3 aromatic rings. The minimum Gasteiger partial charge on any atom is -0.452 e. The van der Waals surface area contributed by atoms with Gasteiger partial charge in [0.1, 0.15) is 0 Å². The number of hydrogen-bond acceptors (Lipinski definition) is 6. The summed E-state index contributed by atoms with van der Waals surface area (Å²) >= 11 is 3.13. The first kappa shape index (κ1) is 20.9. The van der Waals surface area contributed by atoms with Crippen LogP contribution in [-0.2, 0) is 14.3 Å². The first-order valence-electron chi connectivity index (χ1n) is 8.85. The highest BCUT2D eigenvalue weighted by Gasteiger charge is 2.11. The van der Waals surface area contributed by atoms with Gasteiger partial charge in [0.05, 0.1) is 0 Å². The largest absolute Gasteiger partial charge is 0.452 e. The summed E-state index contributed by atoms with van der Waals surface area (Å²) in [6, 6.07) is 9.45. The zero-order valence-electron chi connectivity index (χ0n) is 16.3. The number of carbonyl (C=O) groups is 2. The molecule has 2 aromatic heterocycles. The SMILES string of the molecule is CSc1cccc(NC(=O)COC(=O)/C=C/c2cc(C)n(-c3nccs3)c2C)c1. The summed E-state index contributed by atoms with van der Waals surface area (Å²) in [4.78, 5) is 29.4. The van der Waals surface area contributed by atoms with E-state index in [2.05, 4.69) is 10.3 Å². The number of benzene rings is 1. The summed E-state index contributed by atoms with van der Waals surface area (Å²) in [6.07, 6.45) is 6.74. The Balaban J connectivity index is 1.56. The van der Waals surface area contributed by atoms with Gasteiger partial charge in [-0.25, -0.2) is 9.78 Å². The first-order chi connectivity index (χ1) is 14.0. The number of anilines is 1. The highest BCUT2D eigenvalue weighted by Crippen LogP contribution is 2.23. The van der Waals surface area contributed by atoms with Gasteiger partial charge in [-0.05, 0) is 56.0 Å². The summed E-state index contributed by atoms with van der Waals surface area (Å²) in [5, 5.41) is 5.52. The van der Waals surface area contributed by atoms with Crippen LogP contribution in [-0.4, -0.2) is 34.3 Å². The Bertz CT molecular complexity index is 1040. The molecule has 1 N–H and O–H groups in total. The van der Waals surface area contributed by atoms with Crippen LogP contribution in [0.3, 0.4) is 0 Å². The van der Waals surface area contributed by atoms with E-state index in [0.717, 1.165) is 27.0 Å². The number of hydrogen-bond donors (Lipinski definition) is 1. The maximum atomic E-state index is 12.0. The van der Waals surface area contributed by atoms with E-state index in [0.29, 0.717) is 5.69 Å². The number of amides is 1. The van der Waals surface area contributed by atoms with Crippen molar-refractivity contribution in [3.05, 3.63) is 64.9 Å². The molecule has 0 atom stereocenters. The molecule has 0 aliphatic rings. The van der Waals surface area contributed by atoms with E-state index in [4.69, 9.17) is 4.74 Å². The highest BCUT2D eigenvalue weighted by atomic mass is 32.2. The molecule has 6 nitrogen and oxygen atoms in total. The highest BCUT2D eigenvalue weighted by molar-refractivity contribution is 7.98. The fourth-order valence-corrected chi connectivity index (χ4v) is 4.03. The van der Waals surface area contributed by atoms with Crippen molar-refractivity contribution in [3.8, 4) is 5.13 Å². The molecule has 3 rings (SSSR count). The molecule has 8 heteroatoms. The van der Waals surface area contributed by atoms with Crippen molar-refractivity contribution in [2.24, 2.45) is 0 Å². The number of thioether (sulfide) groups is 1. The Labute approximate surface area is 177 Å². The molecule has 29 heavy (non-hydrogen) atoms. The third-order valence-electron chi connectivity index (χ3n) is 4.18. The van der Waals surface area contributed by atoms with Crippen LogP contribution in [0.2, 0.25) is 0 Å². The van der Waals surface area contributed by atoms with Gasteiger partial charge in [0.2, 0.25) is 0 Å². The van der Waals surface area contributed by atoms with E-state index in [1.54, 1.807) is 41.4 Å². The number of nitrogens with one attached hydrogen (secondary N) is 1. The minimum atomic E-state index is -0.572. The van der Waals surface area contributed by atoms with Gasteiger partial charge in [-0.1, -0.05) is 6.07 Å². The molecular formula is C21H21N3O3S2. The predicted molar refractivity (Wildman–Crippen MR) is 118 cm³/mol. The van der Waals surface area contributed by atoms with Crippen molar-refractivity contribution in [1.82, 2.24) is 9.55 Å². The Hall–Kier alpha value is -2.84. The molecule has 0 radical (unpaired) electrons. The normalized spacial score (nSPS) is 11.0. The lowest BCUT2D eigenvalue weighted by Crippen LogP contribution is -2.20. The van der Waals surface area contributed by atoms with Gasteiger partial charge in [0.25, 0.3) is 5.91 Å². The van der Waals surface area contributed by atoms with Crippen LogP contribution in [0.1, 0.15) is 17.0 Å². The van der Waals surface area contributed by atoms with E-state index in [1.165, 1.54) is 6.08 Å². The molecule has 0 spiro atoms.